The zero-order valence-corrected chi connectivity index (χ0v) is 11.2. The van der Waals surface area contributed by atoms with Crippen molar-refractivity contribution >= 4 is 29.5 Å². The molecule has 0 aromatic heterocycles. The van der Waals surface area contributed by atoms with Crippen molar-refractivity contribution < 1.29 is 19.2 Å². The Labute approximate surface area is 114 Å². The Kier molecular flexibility index (Phi) is 4.21. The standard InChI is InChI=1S/C13H13NO4S/c1-2-7-19-8-11(15)18-14-12(16)9-5-3-4-6-10(9)13(14)17/h3-6H,2,7-8H2,1H3. The maximum Gasteiger partial charge on any atom is 0.343 e. The minimum atomic E-state index is -0.590. The van der Waals surface area contributed by atoms with E-state index in [-0.39, 0.29) is 16.9 Å². The van der Waals surface area contributed by atoms with Gasteiger partial charge in [-0.05, 0) is 24.3 Å². The Balaban J connectivity index is 2.02. The molecule has 0 fully saturated rings. The molecule has 19 heavy (non-hydrogen) atoms. The van der Waals surface area contributed by atoms with Gasteiger partial charge in [-0.2, -0.15) is 11.8 Å². The zero-order chi connectivity index (χ0) is 13.8. The van der Waals surface area contributed by atoms with E-state index in [1.807, 2.05) is 6.92 Å². The van der Waals surface area contributed by atoms with E-state index in [4.69, 9.17) is 4.84 Å². The molecule has 1 aliphatic heterocycles. The van der Waals surface area contributed by atoms with E-state index in [2.05, 4.69) is 0 Å². The number of imide groups is 1. The fourth-order valence-electron chi connectivity index (χ4n) is 1.68. The molecular weight excluding hydrogens is 266 g/mol. The van der Waals surface area contributed by atoms with Crippen molar-refractivity contribution in [2.45, 2.75) is 13.3 Å². The number of thioether (sulfide) groups is 1. The normalized spacial score (nSPS) is 13.6. The molecule has 0 bridgehead atoms. The fraction of sp³-hybridized carbons (Fsp3) is 0.308. The van der Waals surface area contributed by atoms with E-state index in [9.17, 15) is 14.4 Å². The summed E-state index contributed by atoms with van der Waals surface area (Å²) >= 11 is 1.41. The molecule has 1 aliphatic rings. The van der Waals surface area contributed by atoms with Gasteiger partial charge in [0.05, 0.1) is 16.9 Å². The third-order valence-electron chi connectivity index (χ3n) is 2.52. The number of benzene rings is 1. The van der Waals surface area contributed by atoms with E-state index in [1.54, 1.807) is 12.1 Å². The van der Waals surface area contributed by atoms with Crippen molar-refractivity contribution in [3.63, 3.8) is 0 Å². The third-order valence-corrected chi connectivity index (χ3v) is 3.66. The summed E-state index contributed by atoms with van der Waals surface area (Å²) in [6, 6.07) is 6.39. The van der Waals surface area contributed by atoms with E-state index in [0.29, 0.717) is 5.06 Å². The Bertz CT molecular complexity index is 494. The molecule has 2 rings (SSSR count). The second kappa shape index (κ2) is 5.88. The quantitative estimate of drug-likeness (QED) is 0.608. The van der Waals surface area contributed by atoms with E-state index >= 15 is 0 Å². The highest BCUT2D eigenvalue weighted by Gasteiger charge is 2.38. The second-order valence-corrected chi connectivity index (χ2v) is 5.07. The first-order valence-electron chi connectivity index (χ1n) is 5.91. The van der Waals surface area contributed by atoms with Crippen LogP contribution >= 0.6 is 11.8 Å². The van der Waals surface area contributed by atoms with Crippen molar-refractivity contribution in [2.24, 2.45) is 0 Å². The highest BCUT2D eigenvalue weighted by atomic mass is 32.2. The number of hydrogen-bond acceptors (Lipinski definition) is 5. The van der Waals surface area contributed by atoms with Gasteiger partial charge in [0.15, 0.2) is 0 Å². The van der Waals surface area contributed by atoms with Gasteiger partial charge in [-0.3, -0.25) is 9.59 Å². The highest BCUT2D eigenvalue weighted by molar-refractivity contribution is 7.99. The summed E-state index contributed by atoms with van der Waals surface area (Å²) in [5.74, 6) is -0.810. The Morgan fingerprint density at radius 2 is 1.79 bits per heavy atom. The molecule has 1 aromatic rings. The number of carbonyl (C=O) groups is 3. The molecule has 5 nitrogen and oxygen atoms in total. The van der Waals surface area contributed by atoms with Crippen LogP contribution in [0, 0.1) is 0 Å². The molecule has 0 N–H and O–H groups in total. The topological polar surface area (TPSA) is 63.7 Å². The van der Waals surface area contributed by atoms with Crippen molar-refractivity contribution in [1.82, 2.24) is 5.06 Å². The van der Waals surface area contributed by atoms with Gasteiger partial charge in [0.2, 0.25) is 0 Å². The largest absolute Gasteiger partial charge is 0.343 e. The van der Waals surface area contributed by atoms with Crippen LogP contribution in [0.2, 0.25) is 0 Å². The van der Waals surface area contributed by atoms with Gasteiger partial charge in [0.1, 0.15) is 0 Å². The summed E-state index contributed by atoms with van der Waals surface area (Å²) in [6.07, 6.45) is 0.949. The third kappa shape index (κ3) is 2.78. The Morgan fingerprint density at radius 1 is 1.21 bits per heavy atom. The van der Waals surface area contributed by atoms with Gasteiger partial charge in [-0.1, -0.05) is 24.1 Å². The highest BCUT2D eigenvalue weighted by Crippen LogP contribution is 2.22. The molecule has 0 saturated carbocycles. The van der Waals surface area contributed by atoms with Gasteiger partial charge in [0.25, 0.3) is 11.8 Å². The lowest BCUT2D eigenvalue weighted by Gasteiger charge is -2.12. The smallest absolute Gasteiger partial charge is 0.329 e. The molecule has 0 unspecified atom stereocenters. The molecule has 0 radical (unpaired) electrons. The number of nitrogens with zero attached hydrogens (tertiary/aromatic N) is 1. The lowest BCUT2D eigenvalue weighted by Crippen LogP contribution is -2.33. The zero-order valence-electron chi connectivity index (χ0n) is 10.4. The van der Waals surface area contributed by atoms with Crippen LogP contribution in [0.3, 0.4) is 0 Å². The molecule has 0 aliphatic carbocycles. The van der Waals surface area contributed by atoms with E-state index < -0.39 is 17.8 Å². The maximum atomic E-state index is 11.9. The average molecular weight is 279 g/mol. The predicted molar refractivity (Wildman–Crippen MR) is 70.7 cm³/mol. The SMILES string of the molecule is CCCSCC(=O)ON1C(=O)c2ccccc2C1=O. The second-order valence-electron chi connectivity index (χ2n) is 3.97. The van der Waals surface area contributed by atoms with Crippen LogP contribution in [0.15, 0.2) is 24.3 Å². The number of amides is 2. The summed E-state index contributed by atoms with van der Waals surface area (Å²) in [5, 5.41) is 0.541. The van der Waals surface area contributed by atoms with Crippen LogP contribution in [0.25, 0.3) is 0 Å². The van der Waals surface area contributed by atoms with Crippen molar-refractivity contribution in [3.8, 4) is 0 Å². The summed E-state index contributed by atoms with van der Waals surface area (Å²) in [6.45, 7) is 2.00. The molecule has 100 valence electrons. The van der Waals surface area contributed by atoms with Crippen LogP contribution in [-0.2, 0) is 9.63 Å². The van der Waals surface area contributed by atoms with Gasteiger partial charge in [0, 0.05) is 0 Å². The molecule has 0 spiro atoms. The van der Waals surface area contributed by atoms with Gasteiger partial charge >= 0.3 is 5.97 Å². The first kappa shape index (κ1) is 13.6. The minimum absolute atomic E-state index is 0.126. The van der Waals surface area contributed by atoms with Crippen molar-refractivity contribution in [1.29, 1.82) is 0 Å². The lowest BCUT2D eigenvalue weighted by atomic mass is 10.1. The number of hydrogen-bond donors (Lipinski definition) is 0. The molecule has 1 heterocycles. The van der Waals surface area contributed by atoms with Gasteiger partial charge in [-0.25, -0.2) is 4.79 Å². The first-order valence-corrected chi connectivity index (χ1v) is 7.07. The van der Waals surface area contributed by atoms with Crippen molar-refractivity contribution in [2.75, 3.05) is 11.5 Å². The van der Waals surface area contributed by atoms with Crippen LogP contribution in [0.1, 0.15) is 34.1 Å². The number of rotatable bonds is 5. The van der Waals surface area contributed by atoms with Crippen molar-refractivity contribution in [3.05, 3.63) is 35.4 Å². The average Bonchev–Trinajstić information content (AvgIpc) is 2.65. The Hall–Kier alpha value is -1.82. The van der Waals surface area contributed by atoms with Crippen LogP contribution < -0.4 is 0 Å². The summed E-state index contributed by atoms with van der Waals surface area (Å²) < 4.78 is 0. The van der Waals surface area contributed by atoms with E-state index in [0.717, 1.165) is 12.2 Å². The predicted octanol–water partition coefficient (Wildman–Crippen LogP) is 1.88. The monoisotopic (exact) mass is 279 g/mol. The minimum Gasteiger partial charge on any atom is -0.329 e. The lowest BCUT2D eigenvalue weighted by molar-refractivity contribution is -0.165. The van der Waals surface area contributed by atoms with Gasteiger partial charge < -0.3 is 4.84 Å². The molecular formula is C13H13NO4S. The summed E-state index contributed by atoms with van der Waals surface area (Å²) in [4.78, 5) is 40.2. The van der Waals surface area contributed by atoms with Crippen LogP contribution in [0.5, 0.6) is 0 Å². The number of carbonyl (C=O) groups excluding carboxylic acids is 3. The van der Waals surface area contributed by atoms with E-state index in [1.165, 1.54) is 23.9 Å². The molecule has 6 heteroatoms. The molecule has 0 atom stereocenters. The first-order chi connectivity index (χ1) is 9.15. The molecule has 2 amide bonds. The molecule has 0 saturated heterocycles. The summed E-state index contributed by atoms with van der Waals surface area (Å²) in [7, 11) is 0. The summed E-state index contributed by atoms with van der Waals surface area (Å²) in [5.41, 5.74) is 0.531. The van der Waals surface area contributed by atoms with Gasteiger partial charge in [-0.15, -0.1) is 0 Å². The van der Waals surface area contributed by atoms with Crippen LogP contribution in [0.4, 0.5) is 0 Å². The fourth-order valence-corrected chi connectivity index (χ4v) is 2.33. The number of hydroxylamine groups is 2. The molecule has 1 aromatic carbocycles. The van der Waals surface area contributed by atoms with Crippen LogP contribution in [-0.4, -0.2) is 34.4 Å². The maximum absolute atomic E-state index is 11.9. The Morgan fingerprint density at radius 3 is 2.32 bits per heavy atom. The number of fused-ring (bicyclic) bond motifs is 1.